The molecular formula is C13H11FN4S. The molecule has 0 aliphatic carbocycles. The van der Waals surface area contributed by atoms with Crippen LogP contribution in [0, 0.1) is 5.82 Å². The number of anilines is 1. The van der Waals surface area contributed by atoms with Crippen molar-refractivity contribution in [1.29, 1.82) is 0 Å². The number of fused-ring (bicyclic) bond motifs is 1. The minimum Gasteiger partial charge on any atom is -0.399 e. The van der Waals surface area contributed by atoms with E-state index in [9.17, 15) is 4.39 Å². The molecule has 0 radical (unpaired) electrons. The highest BCUT2D eigenvalue weighted by molar-refractivity contribution is 7.98. The van der Waals surface area contributed by atoms with Crippen LogP contribution in [0.3, 0.4) is 0 Å². The van der Waals surface area contributed by atoms with Crippen LogP contribution in [0.2, 0.25) is 0 Å². The molecule has 0 aliphatic rings. The molecule has 2 heterocycles. The first-order valence-electron chi connectivity index (χ1n) is 5.68. The number of nitrogens with two attached hydrogens (primary N) is 1. The van der Waals surface area contributed by atoms with E-state index in [0.29, 0.717) is 17.2 Å². The Labute approximate surface area is 113 Å². The lowest BCUT2D eigenvalue weighted by atomic mass is 10.3. The summed E-state index contributed by atoms with van der Waals surface area (Å²) in [6.07, 6.45) is 5.51. The topological polar surface area (TPSA) is 56.2 Å². The Kier molecular flexibility index (Phi) is 3.08. The van der Waals surface area contributed by atoms with Crippen molar-refractivity contribution in [1.82, 2.24) is 14.4 Å². The Hall–Kier alpha value is -2.08. The molecule has 96 valence electrons. The summed E-state index contributed by atoms with van der Waals surface area (Å²) in [6.45, 7) is 0. The van der Waals surface area contributed by atoms with E-state index in [-0.39, 0.29) is 5.82 Å². The van der Waals surface area contributed by atoms with Crippen LogP contribution in [0.15, 0.2) is 47.8 Å². The number of nitrogens with zero attached hydrogens (tertiary/aromatic N) is 3. The number of halogens is 1. The van der Waals surface area contributed by atoms with E-state index in [1.165, 1.54) is 23.9 Å². The minimum absolute atomic E-state index is 0.320. The Morgan fingerprint density at radius 1 is 1.32 bits per heavy atom. The second-order valence-electron chi connectivity index (χ2n) is 4.07. The number of imidazole rings is 1. The van der Waals surface area contributed by atoms with E-state index >= 15 is 0 Å². The first-order valence-corrected chi connectivity index (χ1v) is 6.67. The summed E-state index contributed by atoms with van der Waals surface area (Å²) in [5, 5.41) is 0. The summed E-state index contributed by atoms with van der Waals surface area (Å²) >= 11 is 1.49. The van der Waals surface area contributed by atoms with Gasteiger partial charge >= 0.3 is 0 Å². The average Bonchev–Trinajstić information content (AvgIpc) is 2.78. The second kappa shape index (κ2) is 4.89. The zero-order valence-corrected chi connectivity index (χ0v) is 10.8. The summed E-state index contributed by atoms with van der Waals surface area (Å²) in [6, 6.07) is 6.37. The van der Waals surface area contributed by atoms with Crippen molar-refractivity contribution in [3.63, 3.8) is 0 Å². The van der Waals surface area contributed by atoms with Gasteiger partial charge in [-0.15, -0.1) is 11.8 Å². The molecule has 3 aromatic rings. The summed E-state index contributed by atoms with van der Waals surface area (Å²) in [4.78, 5) is 9.32. The van der Waals surface area contributed by atoms with E-state index < -0.39 is 0 Å². The van der Waals surface area contributed by atoms with Crippen molar-refractivity contribution in [2.75, 3.05) is 5.73 Å². The van der Waals surface area contributed by atoms with Crippen LogP contribution in [0.25, 0.3) is 5.78 Å². The quantitative estimate of drug-likeness (QED) is 0.589. The Morgan fingerprint density at radius 2 is 2.21 bits per heavy atom. The predicted octanol–water partition coefficient (Wildman–Crippen LogP) is 2.74. The van der Waals surface area contributed by atoms with Crippen LogP contribution < -0.4 is 5.73 Å². The number of thioether (sulfide) groups is 1. The standard InChI is InChI=1S/C13H11FN4S/c14-9-4-10(15)6-12(5-9)19-8-11-7-18-3-1-2-16-13(18)17-11/h1-7H,8,15H2. The lowest BCUT2D eigenvalue weighted by Crippen LogP contribution is -1.88. The molecule has 6 heteroatoms. The SMILES string of the molecule is Nc1cc(F)cc(SCc2cn3cccnc3n2)c1. The Balaban J connectivity index is 1.78. The number of nitrogen functional groups attached to an aromatic ring is 1. The number of hydrogen-bond donors (Lipinski definition) is 1. The third-order valence-corrected chi connectivity index (χ3v) is 3.57. The Morgan fingerprint density at radius 3 is 3.00 bits per heavy atom. The zero-order valence-electron chi connectivity index (χ0n) is 9.95. The maximum Gasteiger partial charge on any atom is 0.233 e. The molecule has 0 amide bonds. The number of aromatic nitrogens is 3. The van der Waals surface area contributed by atoms with E-state index in [2.05, 4.69) is 9.97 Å². The van der Waals surface area contributed by atoms with Gasteiger partial charge in [0.05, 0.1) is 5.69 Å². The fraction of sp³-hybridized carbons (Fsp3) is 0.0769. The predicted molar refractivity (Wildman–Crippen MR) is 73.4 cm³/mol. The Bertz CT molecular complexity index is 672. The van der Waals surface area contributed by atoms with Crippen molar-refractivity contribution >= 4 is 23.2 Å². The minimum atomic E-state index is -0.320. The number of benzene rings is 1. The molecule has 2 N–H and O–H groups in total. The molecule has 0 aliphatic heterocycles. The van der Waals surface area contributed by atoms with E-state index in [1.807, 2.05) is 22.9 Å². The van der Waals surface area contributed by atoms with E-state index in [1.54, 1.807) is 12.3 Å². The van der Waals surface area contributed by atoms with Gasteiger partial charge in [0.15, 0.2) is 0 Å². The normalized spacial score (nSPS) is 11.0. The lowest BCUT2D eigenvalue weighted by Gasteiger charge is -2.01. The van der Waals surface area contributed by atoms with Gasteiger partial charge in [-0.2, -0.15) is 0 Å². The molecule has 0 bridgehead atoms. The molecule has 19 heavy (non-hydrogen) atoms. The van der Waals surface area contributed by atoms with Crippen molar-refractivity contribution in [2.45, 2.75) is 10.6 Å². The first kappa shape index (κ1) is 12.0. The van der Waals surface area contributed by atoms with Crippen molar-refractivity contribution in [3.8, 4) is 0 Å². The molecule has 0 fully saturated rings. The smallest absolute Gasteiger partial charge is 0.233 e. The van der Waals surface area contributed by atoms with Gasteiger partial charge in [-0.25, -0.2) is 14.4 Å². The fourth-order valence-corrected chi connectivity index (χ4v) is 2.64. The highest BCUT2D eigenvalue weighted by Gasteiger charge is 2.04. The van der Waals surface area contributed by atoms with Crippen molar-refractivity contribution in [2.24, 2.45) is 0 Å². The van der Waals surface area contributed by atoms with Gasteiger partial charge in [0, 0.05) is 34.9 Å². The third-order valence-electron chi connectivity index (χ3n) is 2.57. The summed E-state index contributed by atoms with van der Waals surface area (Å²) in [7, 11) is 0. The van der Waals surface area contributed by atoms with Gasteiger partial charge in [0.25, 0.3) is 0 Å². The highest BCUT2D eigenvalue weighted by Crippen LogP contribution is 2.25. The van der Waals surface area contributed by atoms with Crippen LogP contribution in [0.5, 0.6) is 0 Å². The van der Waals surface area contributed by atoms with Crippen molar-refractivity contribution < 1.29 is 4.39 Å². The van der Waals surface area contributed by atoms with Crippen LogP contribution in [0.1, 0.15) is 5.69 Å². The molecule has 0 atom stereocenters. The molecule has 0 unspecified atom stereocenters. The van der Waals surface area contributed by atoms with E-state index in [0.717, 1.165) is 10.6 Å². The van der Waals surface area contributed by atoms with Gasteiger partial charge < -0.3 is 5.73 Å². The summed E-state index contributed by atoms with van der Waals surface area (Å²) < 4.78 is 15.1. The highest BCUT2D eigenvalue weighted by atomic mass is 32.2. The first-order chi connectivity index (χ1) is 9.20. The van der Waals surface area contributed by atoms with Crippen LogP contribution >= 0.6 is 11.8 Å². The maximum atomic E-state index is 13.2. The largest absolute Gasteiger partial charge is 0.399 e. The van der Waals surface area contributed by atoms with Gasteiger partial charge in [0.2, 0.25) is 5.78 Å². The molecule has 0 saturated heterocycles. The van der Waals surface area contributed by atoms with Gasteiger partial charge in [0.1, 0.15) is 5.82 Å². The number of hydrogen-bond acceptors (Lipinski definition) is 4. The van der Waals surface area contributed by atoms with Crippen LogP contribution in [0.4, 0.5) is 10.1 Å². The van der Waals surface area contributed by atoms with Gasteiger partial charge in [-0.05, 0) is 24.3 Å². The lowest BCUT2D eigenvalue weighted by molar-refractivity contribution is 0.625. The van der Waals surface area contributed by atoms with Crippen molar-refractivity contribution in [3.05, 3.63) is 54.4 Å². The monoisotopic (exact) mass is 274 g/mol. The maximum absolute atomic E-state index is 13.2. The van der Waals surface area contributed by atoms with Gasteiger partial charge in [-0.1, -0.05) is 0 Å². The fourth-order valence-electron chi connectivity index (χ4n) is 1.77. The van der Waals surface area contributed by atoms with Crippen LogP contribution in [-0.4, -0.2) is 14.4 Å². The molecule has 2 aromatic heterocycles. The molecular weight excluding hydrogens is 263 g/mol. The molecule has 0 saturated carbocycles. The van der Waals surface area contributed by atoms with Crippen LogP contribution in [-0.2, 0) is 5.75 Å². The third kappa shape index (κ3) is 2.68. The molecule has 4 nitrogen and oxygen atoms in total. The summed E-state index contributed by atoms with van der Waals surface area (Å²) in [5.74, 6) is 0.989. The second-order valence-corrected chi connectivity index (χ2v) is 5.12. The van der Waals surface area contributed by atoms with Gasteiger partial charge in [-0.3, -0.25) is 4.40 Å². The molecule has 1 aromatic carbocycles. The molecule has 0 spiro atoms. The molecule has 3 rings (SSSR count). The summed E-state index contributed by atoms with van der Waals surface area (Å²) in [5.41, 5.74) is 6.93. The number of rotatable bonds is 3. The average molecular weight is 274 g/mol. The van der Waals surface area contributed by atoms with E-state index in [4.69, 9.17) is 5.73 Å². The zero-order chi connectivity index (χ0) is 13.2.